The molecular formula is C18H17Cl2N3O4. The molecule has 0 heterocycles. The SMILES string of the molecule is CC(Oc1cccc(Cl)c1Cl)C(=O)Nc1cccc(C(=O)NCC(N)=O)c1. The van der Waals surface area contributed by atoms with Crippen LogP contribution in [0.25, 0.3) is 0 Å². The summed E-state index contributed by atoms with van der Waals surface area (Å²) in [6, 6.07) is 11.1. The van der Waals surface area contributed by atoms with Crippen molar-refractivity contribution < 1.29 is 19.1 Å². The van der Waals surface area contributed by atoms with Crippen molar-refractivity contribution >= 4 is 46.6 Å². The highest BCUT2D eigenvalue weighted by molar-refractivity contribution is 6.42. The third kappa shape index (κ3) is 5.87. The molecule has 3 amide bonds. The van der Waals surface area contributed by atoms with E-state index in [0.29, 0.717) is 10.7 Å². The van der Waals surface area contributed by atoms with Crippen LogP contribution in [0.5, 0.6) is 5.75 Å². The van der Waals surface area contributed by atoms with Crippen molar-refractivity contribution in [3.05, 3.63) is 58.1 Å². The minimum absolute atomic E-state index is 0.215. The Kier molecular flexibility index (Phi) is 7.04. The highest BCUT2D eigenvalue weighted by Crippen LogP contribution is 2.32. The normalized spacial score (nSPS) is 11.4. The fraction of sp³-hybridized carbons (Fsp3) is 0.167. The Morgan fingerprint density at radius 3 is 2.56 bits per heavy atom. The standard InChI is InChI=1S/C18H17Cl2N3O4/c1-10(27-14-7-3-6-13(19)16(14)20)17(25)23-12-5-2-4-11(8-12)18(26)22-9-15(21)24/h2-8,10H,9H2,1H3,(H2,21,24)(H,22,26)(H,23,25). The van der Waals surface area contributed by atoms with E-state index in [9.17, 15) is 14.4 Å². The topological polar surface area (TPSA) is 111 Å². The van der Waals surface area contributed by atoms with Gasteiger partial charge in [0.2, 0.25) is 5.91 Å². The van der Waals surface area contributed by atoms with Crippen LogP contribution in [0.1, 0.15) is 17.3 Å². The van der Waals surface area contributed by atoms with Gasteiger partial charge in [-0.3, -0.25) is 14.4 Å². The summed E-state index contributed by atoms with van der Waals surface area (Å²) in [7, 11) is 0. The molecule has 0 aromatic heterocycles. The van der Waals surface area contributed by atoms with Gasteiger partial charge in [0.15, 0.2) is 6.10 Å². The lowest BCUT2D eigenvalue weighted by atomic mass is 10.2. The summed E-state index contributed by atoms with van der Waals surface area (Å²) >= 11 is 12.0. The van der Waals surface area contributed by atoms with Crippen molar-refractivity contribution in [2.75, 3.05) is 11.9 Å². The maximum atomic E-state index is 12.3. The van der Waals surface area contributed by atoms with Gasteiger partial charge in [0, 0.05) is 11.3 Å². The summed E-state index contributed by atoms with van der Waals surface area (Å²) < 4.78 is 5.54. The summed E-state index contributed by atoms with van der Waals surface area (Å²) in [5, 5.41) is 5.54. The van der Waals surface area contributed by atoms with Crippen molar-refractivity contribution in [3.63, 3.8) is 0 Å². The average Bonchev–Trinajstić information content (AvgIpc) is 2.63. The van der Waals surface area contributed by atoms with Crippen LogP contribution in [-0.2, 0) is 9.59 Å². The van der Waals surface area contributed by atoms with E-state index >= 15 is 0 Å². The summed E-state index contributed by atoms with van der Waals surface area (Å²) in [5.74, 6) is -1.30. The molecule has 7 nitrogen and oxygen atoms in total. The predicted octanol–water partition coefficient (Wildman–Crippen LogP) is 2.61. The lowest BCUT2D eigenvalue weighted by Gasteiger charge is -2.16. The number of anilines is 1. The molecular weight excluding hydrogens is 393 g/mol. The van der Waals surface area contributed by atoms with E-state index in [0.717, 1.165) is 0 Å². The van der Waals surface area contributed by atoms with Gasteiger partial charge in [0.1, 0.15) is 10.8 Å². The lowest BCUT2D eigenvalue weighted by molar-refractivity contribution is -0.122. The monoisotopic (exact) mass is 409 g/mol. The van der Waals surface area contributed by atoms with E-state index < -0.39 is 23.8 Å². The second kappa shape index (κ2) is 9.25. The van der Waals surface area contributed by atoms with Gasteiger partial charge in [0.05, 0.1) is 11.6 Å². The van der Waals surface area contributed by atoms with Gasteiger partial charge in [-0.2, -0.15) is 0 Å². The molecule has 0 fully saturated rings. The Bertz CT molecular complexity index is 873. The molecule has 2 aromatic rings. The Morgan fingerprint density at radius 1 is 1.15 bits per heavy atom. The molecule has 27 heavy (non-hydrogen) atoms. The molecule has 0 aliphatic rings. The number of rotatable bonds is 7. The first-order chi connectivity index (χ1) is 12.8. The largest absolute Gasteiger partial charge is 0.479 e. The van der Waals surface area contributed by atoms with Gasteiger partial charge in [0.25, 0.3) is 11.8 Å². The van der Waals surface area contributed by atoms with Crippen molar-refractivity contribution in [2.45, 2.75) is 13.0 Å². The fourth-order valence-corrected chi connectivity index (χ4v) is 2.41. The van der Waals surface area contributed by atoms with E-state index in [1.807, 2.05) is 0 Å². The van der Waals surface area contributed by atoms with E-state index in [2.05, 4.69) is 10.6 Å². The number of hydrogen-bond acceptors (Lipinski definition) is 4. The molecule has 0 bridgehead atoms. The highest BCUT2D eigenvalue weighted by Gasteiger charge is 2.18. The second-order valence-corrected chi connectivity index (χ2v) is 6.32. The van der Waals surface area contributed by atoms with Crippen LogP contribution in [-0.4, -0.2) is 30.4 Å². The third-order valence-electron chi connectivity index (χ3n) is 3.40. The molecule has 2 aromatic carbocycles. The first kappa shape index (κ1) is 20.5. The first-order valence-electron chi connectivity index (χ1n) is 7.86. The quantitative estimate of drug-likeness (QED) is 0.652. The molecule has 0 saturated heterocycles. The van der Waals surface area contributed by atoms with Gasteiger partial charge in [-0.25, -0.2) is 0 Å². The number of nitrogens with two attached hydrogens (primary N) is 1. The number of amides is 3. The van der Waals surface area contributed by atoms with Crippen molar-refractivity contribution in [1.82, 2.24) is 5.32 Å². The molecule has 1 atom stereocenters. The Hall–Kier alpha value is -2.77. The van der Waals surface area contributed by atoms with E-state index in [-0.39, 0.29) is 22.9 Å². The Labute approximate surface area is 165 Å². The highest BCUT2D eigenvalue weighted by atomic mass is 35.5. The number of carbonyl (C=O) groups is 3. The minimum Gasteiger partial charge on any atom is -0.479 e. The minimum atomic E-state index is -0.867. The maximum Gasteiger partial charge on any atom is 0.265 e. The van der Waals surface area contributed by atoms with Gasteiger partial charge >= 0.3 is 0 Å². The number of halogens is 2. The van der Waals surface area contributed by atoms with Crippen LogP contribution >= 0.6 is 23.2 Å². The van der Waals surface area contributed by atoms with Crippen molar-refractivity contribution in [3.8, 4) is 5.75 Å². The van der Waals surface area contributed by atoms with Crippen LogP contribution in [0.2, 0.25) is 10.0 Å². The van der Waals surface area contributed by atoms with Crippen LogP contribution in [0, 0.1) is 0 Å². The summed E-state index contributed by atoms with van der Waals surface area (Å²) in [5.41, 5.74) is 5.64. The molecule has 0 saturated carbocycles. The number of primary amides is 1. The molecule has 4 N–H and O–H groups in total. The lowest BCUT2D eigenvalue weighted by Crippen LogP contribution is -2.33. The van der Waals surface area contributed by atoms with Gasteiger partial charge in [-0.15, -0.1) is 0 Å². The number of benzene rings is 2. The Balaban J connectivity index is 2.02. The summed E-state index contributed by atoms with van der Waals surface area (Å²) in [6.07, 6.45) is -0.867. The average molecular weight is 410 g/mol. The summed E-state index contributed by atoms with van der Waals surface area (Å²) in [6.45, 7) is 1.27. The van der Waals surface area contributed by atoms with Gasteiger partial charge < -0.3 is 21.1 Å². The first-order valence-corrected chi connectivity index (χ1v) is 8.61. The third-order valence-corrected chi connectivity index (χ3v) is 4.21. The number of hydrogen-bond donors (Lipinski definition) is 3. The Morgan fingerprint density at radius 2 is 1.85 bits per heavy atom. The van der Waals surface area contributed by atoms with Crippen LogP contribution in [0.3, 0.4) is 0 Å². The second-order valence-electron chi connectivity index (χ2n) is 5.53. The van der Waals surface area contributed by atoms with Gasteiger partial charge in [-0.1, -0.05) is 35.3 Å². The van der Waals surface area contributed by atoms with Crippen LogP contribution < -0.4 is 21.1 Å². The molecule has 0 aliphatic heterocycles. The molecule has 9 heteroatoms. The molecule has 1 unspecified atom stereocenters. The predicted molar refractivity (Wildman–Crippen MR) is 103 cm³/mol. The fourth-order valence-electron chi connectivity index (χ4n) is 2.07. The zero-order valence-corrected chi connectivity index (χ0v) is 15.8. The summed E-state index contributed by atoms with van der Waals surface area (Å²) in [4.78, 5) is 35.0. The molecule has 142 valence electrons. The smallest absolute Gasteiger partial charge is 0.265 e. The van der Waals surface area contributed by atoms with E-state index in [1.54, 1.807) is 37.3 Å². The molecule has 0 aliphatic carbocycles. The van der Waals surface area contributed by atoms with Crippen molar-refractivity contribution in [1.29, 1.82) is 0 Å². The van der Waals surface area contributed by atoms with E-state index in [1.165, 1.54) is 12.1 Å². The molecule has 0 radical (unpaired) electrons. The van der Waals surface area contributed by atoms with E-state index in [4.69, 9.17) is 33.7 Å². The molecule has 2 rings (SSSR count). The zero-order valence-electron chi connectivity index (χ0n) is 14.3. The number of ether oxygens (including phenoxy) is 1. The maximum absolute atomic E-state index is 12.3. The number of nitrogens with one attached hydrogen (secondary N) is 2. The zero-order chi connectivity index (χ0) is 20.0. The van der Waals surface area contributed by atoms with Crippen LogP contribution in [0.4, 0.5) is 5.69 Å². The molecule has 0 spiro atoms. The van der Waals surface area contributed by atoms with Crippen LogP contribution in [0.15, 0.2) is 42.5 Å². The van der Waals surface area contributed by atoms with Gasteiger partial charge in [-0.05, 0) is 37.3 Å². The van der Waals surface area contributed by atoms with Crippen molar-refractivity contribution in [2.24, 2.45) is 5.73 Å². The number of carbonyl (C=O) groups excluding carboxylic acids is 3.